The van der Waals surface area contributed by atoms with Crippen LogP contribution < -0.4 is 5.32 Å². The molecule has 108 valence electrons. The van der Waals surface area contributed by atoms with Crippen molar-refractivity contribution in [2.45, 2.75) is 38.8 Å². The van der Waals surface area contributed by atoms with Gasteiger partial charge in [0.15, 0.2) is 0 Å². The van der Waals surface area contributed by atoms with Gasteiger partial charge in [-0.25, -0.2) is 9.67 Å². The highest BCUT2D eigenvalue weighted by atomic mass is 35.5. The number of nitrogens with one attached hydrogen (secondary N) is 1. The minimum atomic E-state index is 0.315. The quantitative estimate of drug-likeness (QED) is 0.890. The molecule has 1 N–H and O–H groups in total. The summed E-state index contributed by atoms with van der Waals surface area (Å²) in [6.07, 6.45) is 3.39. The molecule has 0 radical (unpaired) electrons. The summed E-state index contributed by atoms with van der Waals surface area (Å²) in [5, 5.41) is 8.41. The number of rotatable bonds is 6. The first-order valence-electron chi connectivity index (χ1n) is 6.90. The lowest BCUT2D eigenvalue weighted by molar-refractivity contribution is 0.470. The lowest BCUT2D eigenvalue weighted by atomic mass is 10.0. The Kier molecular flexibility index (Phi) is 5.15. The first-order chi connectivity index (χ1) is 9.60. The van der Waals surface area contributed by atoms with Crippen LogP contribution in [0.4, 0.5) is 0 Å². The summed E-state index contributed by atoms with van der Waals surface area (Å²) in [7, 11) is 1.98. The standard InChI is InChI=1S/C15H21ClN4/c1-11(2)20-15(18-10-19-20)9-14(17-3)8-12-5-4-6-13(16)7-12/h4-7,10-11,14,17H,8-9H2,1-3H3. The summed E-state index contributed by atoms with van der Waals surface area (Å²) >= 11 is 6.03. The smallest absolute Gasteiger partial charge is 0.138 e. The van der Waals surface area contributed by atoms with Crippen molar-refractivity contribution in [3.8, 4) is 0 Å². The SMILES string of the molecule is CNC(Cc1cccc(Cl)c1)Cc1ncnn1C(C)C. The average molecular weight is 293 g/mol. The Balaban J connectivity index is 2.07. The highest BCUT2D eigenvalue weighted by Crippen LogP contribution is 2.14. The number of aromatic nitrogens is 3. The van der Waals surface area contributed by atoms with Crippen LogP contribution in [0.3, 0.4) is 0 Å². The van der Waals surface area contributed by atoms with Gasteiger partial charge in [0.25, 0.3) is 0 Å². The van der Waals surface area contributed by atoms with Crippen LogP contribution in [-0.4, -0.2) is 27.9 Å². The van der Waals surface area contributed by atoms with E-state index in [9.17, 15) is 0 Å². The first-order valence-corrected chi connectivity index (χ1v) is 7.28. The molecule has 0 bridgehead atoms. The van der Waals surface area contributed by atoms with Crippen LogP contribution in [0.25, 0.3) is 0 Å². The molecule has 0 fully saturated rings. The molecule has 0 aliphatic carbocycles. The minimum absolute atomic E-state index is 0.315. The van der Waals surface area contributed by atoms with E-state index in [-0.39, 0.29) is 0 Å². The summed E-state index contributed by atoms with van der Waals surface area (Å²) in [5.74, 6) is 1.02. The van der Waals surface area contributed by atoms with E-state index in [2.05, 4.69) is 35.3 Å². The van der Waals surface area contributed by atoms with Gasteiger partial charge < -0.3 is 5.32 Å². The molecule has 20 heavy (non-hydrogen) atoms. The molecule has 0 aliphatic rings. The van der Waals surface area contributed by atoms with Crippen molar-refractivity contribution in [1.29, 1.82) is 0 Å². The van der Waals surface area contributed by atoms with Gasteiger partial charge in [-0.3, -0.25) is 0 Å². The normalized spacial score (nSPS) is 12.8. The fourth-order valence-corrected chi connectivity index (χ4v) is 2.51. The molecular formula is C15H21ClN4. The minimum Gasteiger partial charge on any atom is -0.316 e. The predicted octanol–water partition coefficient (Wildman–Crippen LogP) is 2.89. The fourth-order valence-electron chi connectivity index (χ4n) is 2.30. The zero-order chi connectivity index (χ0) is 14.5. The lowest BCUT2D eigenvalue weighted by Gasteiger charge is -2.17. The van der Waals surface area contributed by atoms with Gasteiger partial charge in [-0.15, -0.1) is 0 Å². The van der Waals surface area contributed by atoms with E-state index < -0.39 is 0 Å². The molecule has 1 aromatic heterocycles. The van der Waals surface area contributed by atoms with Crippen molar-refractivity contribution in [3.05, 3.63) is 47.0 Å². The van der Waals surface area contributed by atoms with Crippen molar-refractivity contribution in [3.63, 3.8) is 0 Å². The van der Waals surface area contributed by atoms with Gasteiger partial charge in [0.05, 0.1) is 0 Å². The van der Waals surface area contributed by atoms with Gasteiger partial charge >= 0.3 is 0 Å². The summed E-state index contributed by atoms with van der Waals surface area (Å²) in [4.78, 5) is 4.37. The maximum absolute atomic E-state index is 6.03. The number of nitrogens with zero attached hydrogens (tertiary/aromatic N) is 3. The lowest BCUT2D eigenvalue weighted by Crippen LogP contribution is -2.31. The van der Waals surface area contributed by atoms with Crippen LogP contribution >= 0.6 is 11.6 Å². The maximum atomic E-state index is 6.03. The molecule has 0 saturated carbocycles. The third-order valence-corrected chi connectivity index (χ3v) is 3.58. The van der Waals surface area contributed by atoms with Crippen molar-refractivity contribution < 1.29 is 0 Å². The molecule has 0 spiro atoms. The van der Waals surface area contributed by atoms with Crippen molar-refractivity contribution in [2.24, 2.45) is 0 Å². The zero-order valence-electron chi connectivity index (χ0n) is 12.2. The van der Waals surface area contributed by atoms with E-state index in [1.807, 2.05) is 29.9 Å². The summed E-state index contributed by atoms with van der Waals surface area (Å²) in [6.45, 7) is 4.23. The number of hydrogen-bond donors (Lipinski definition) is 1. The summed E-state index contributed by atoms with van der Waals surface area (Å²) in [6, 6.07) is 8.64. The molecular weight excluding hydrogens is 272 g/mol. The second-order valence-corrected chi connectivity index (χ2v) is 5.67. The van der Waals surface area contributed by atoms with Crippen molar-refractivity contribution >= 4 is 11.6 Å². The molecule has 1 heterocycles. The molecule has 0 saturated heterocycles. The second kappa shape index (κ2) is 6.86. The highest BCUT2D eigenvalue weighted by Gasteiger charge is 2.14. The number of benzene rings is 1. The molecule has 0 amide bonds. The summed E-state index contributed by atoms with van der Waals surface area (Å²) < 4.78 is 1.97. The van der Waals surface area contributed by atoms with E-state index in [0.29, 0.717) is 12.1 Å². The maximum Gasteiger partial charge on any atom is 0.138 e. The molecule has 2 rings (SSSR count). The largest absolute Gasteiger partial charge is 0.316 e. The Morgan fingerprint density at radius 1 is 1.30 bits per heavy atom. The molecule has 2 aromatic rings. The molecule has 1 atom stereocenters. The summed E-state index contributed by atoms with van der Waals surface area (Å²) in [5.41, 5.74) is 1.23. The monoisotopic (exact) mass is 292 g/mol. The molecule has 1 unspecified atom stereocenters. The highest BCUT2D eigenvalue weighted by molar-refractivity contribution is 6.30. The van der Waals surface area contributed by atoms with Gasteiger partial charge in [-0.05, 0) is 45.0 Å². The van der Waals surface area contributed by atoms with Gasteiger partial charge in [-0.2, -0.15) is 5.10 Å². The van der Waals surface area contributed by atoms with Crippen LogP contribution in [0.15, 0.2) is 30.6 Å². The van der Waals surface area contributed by atoms with E-state index in [1.165, 1.54) is 5.56 Å². The van der Waals surface area contributed by atoms with Gasteiger partial charge in [0.1, 0.15) is 12.2 Å². The first kappa shape index (κ1) is 15.0. The molecule has 4 nitrogen and oxygen atoms in total. The fraction of sp³-hybridized carbons (Fsp3) is 0.467. The Hall–Kier alpha value is -1.39. The van der Waals surface area contributed by atoms with Crippen molar-refractivity contribution in [2.75, 3.05) is 7.05 Å². The topological polar surface area (TPSA) is 42.7 Å². The average Bonchev–Trinajstić information content (AvgIpc) is 2.86. The van der Waals surface area contributed by atoms with Crippen LogP contribution in [0.1, 0.15) is 31.3 Å². The Labute approximate surface area is 125 Å². The van der Waals surface area contributed by atoms with Crippen LogP contribution in [0.2, 0.25) is 5.02 Å². The molecule has 5 heteroatoms. The second-order valence-electron chi connectivity index (χ2n) is 5.24. The zero-order valence-corrected chi connectivity index (χ0v) is 12.9. The predicted molar refractivity (Wildman–Crippen MR) is 82.1 cm³/mol. The van der Waals surface area contributed by atoms with Crippen LogP contribution in [-0.2, 0) is 12.8 Å². The van der Waals surface area contributed by atoms with Crippen molar-refractivity contribution in [1.82, 2.24) is 20.1 Å². The third kappa shape index (κ3) is 3.81. The number of hydrogen-bond acceptors (Lipinski definition) is 3. The Bertz CT molecular complexity index is 550. The van der Waals surface area contributed by atoms with E-state index in [4.69, 9.17) is 11.6 Å². The van der Waals surface area contributed by atoms with Gasteiger partial charge in [0, 0.05) is 23.5 Å². The number of halogens is 1. The van der Waals surface area contributed by atoms with E-state index in [0.717, 1.165) is 23.7 Å². The Morgan fingerprint density at radius 2 is 2.10 bits per heavy atom. The molecule has 1 aromatic carbocycles. The Morgan fingerprint density at radius 3 is 2.75 bits per heavy atom. The van der Waals surface area contributed by atoms with Gasteiger partial charge in [0.2, 0.25) is 0 Å². The van der Waals surface area contributed by atoms with E-state index in [1.54, 1.807) is 6.33 Å². The van der Waals surface area contributed by atoms with Crippen LogP contribution in [0, 0.1) is 0 Å². The van der Waals surface area contributed by atoms with Gasteiger partial charge in [-0.1, -0.05) is 23.7 Å². The third-order valence-electron chi connectivity index (χ3n) is 3.34. The van der Waals surface area contributed by atoms with E-state index >= 15 is 0 Å². The molecule has 0 aliphatic heterocycles. The number of likely N-dealkylation sites (N-methyl/N-ethyl adjacent to an activating group) is 1. The van der Waals surface area contributed by atoms with Crippen LogP contribution in [0.5, 0.6) is 0 Å².